The second-order valence-electron chi connectivity index (χ2n) is 0.513. The van der Waals surface area contributed by atoms with Crippen molar-refractivity contribution in [1.29, 1.82) is 0 Å². The van der Waals surface area contributed by atoms with Gasteiger partial charge in [-0.3, -0.25) is 0 Å². The van der Waals surface area contributed by atoms with E-state index >= 15 is 0 Å². The fraction of sp³-hybridized carbons (Fsp3) is 0. The van der Waals surface area contributed by atoms with Gasteiger partial charge in [0, 0.05) is 0 Å². The number of hydrogen-bond acceptors (Lipinski definition) is 1. The predicted molar refractivity (Wildman–Crippen MR) is 15.4 cm³/mol. The maximum Gasteiger partial charge on any atom is 1.00 e. The van der Waals surface area contributed by atoms with Crippen LogP contribution in [0.2, 0.25) is 0 Å². The zero-order chi connectivity index (χ0) is 4.50. The average molecular weight is 216 g/mol. The monoisotopic (exact) mass is 216 g/mol. The Hall–Kier alpha value is 5.02. The van der Waals surface area contributed by atoms with Crippen LogP contribution in [0.25, 0.3) is 0 Å². The molecule has 0 spiro atoms. The quantitative estimate of drug-likeness (QED) is 0.278. The zero-order valence-electron chi connectivity index (χ0n) is 6.20. The van der Waals surface area contributed by atoms with E-state index < -0.39 is 7.82 Å². The van der Waals surface area contributed by atoms with Crippen molar-refractivity contribution in [2.45, 2.75) is 0 Å². The van der Waals surface area contributed by atoms with E-state index in [2.05, 4.69) is 0 Å². The molecule has 0 aliphatic heterocycles. The third-order valence-electron chi connectivity index (χ3n) is 0. The van der Waals surface area contributed by atoms with E-state index in [1.807, 2.05) is 0 Å². The largest absolute Gasteiger partial charge is 1.00 e. The molecule has 0 aliphatic rings. The van der Waals surface area contributed by atoms with Crippen molar-refractivity contribution in [2.75, 3.05) is 0 Å². The molecule has 0 amide bonds. The van der Waals surface area contributed by atoms with Crippen LogP contribution < -0.4 is 154 Å². The third-order valence-corrected chi connectivity index (χ3v) is 0. The molecule has 0 aromatic heterocycles. The maximum absolute atomic E-state index is 8.88. The second-order valence-corrected chi connectivity index (χ2v) is 1.54. The molecule has 8 heavy (non-hydrogen) atoms. The smallest absolute Gasteiger partial charge is 0.303 e. The summed E-state index contributed by atoms with van der Waals surface area (Å²) >= 11 is 0. The topological polar surface area (TPSA) is 77.8 Å². The minimum absolute atomic E-state index is 0. The Balaban J connectivity index is -0.0000000133. The minimum atomic E-state index is -4.64. The van der Waals surface area contributed by atoms with Gasteiger partial charge in [-0.15, -0.1) is 0 Å². The molecule has 0 aliphatic carbocycles. The summed E-state index contributed by atoms with van der Waals surface area (Å²) in [6, 6.07) is 0. The zero-order valence-corrected chi connectivity index (χ0v) is 15.5. The van der Waals surface area contributed by atoms with Gasteiger partial charge >= 0.3 is 163 Å². The summed E-state index contributed by atoms with van der Waals surface area (Å²) in [4.78, 5) is 21.6. The van der Waals surface area contributed by atoms with Gasteiger partial charge in [-0.25, -0.2) is 4.57 Å². The van der Waals surface area contributed by atoms with Gasteiger partial charge < -0.3 is 14.7 Å². The summed E-state index contributed by atoms with van der Waals surface area (Å²) in [5.41, 5.74) is 0. The normalized spacial score (nSPS) is 7.38. The Morgan fingerprint density at radius 1 is 1.00 bits per heavy atom. The van der Waals surface area contributed by atoms with Gasteiger partial charge in [-0.2, -0.15) is 0 Å². The first kappa shape index (κ1) is 23.1. The van der Waals surface area contributed by atoms with Gasteiger partial charge in [-0.05, 0) is 0 Å². The molecular weight excluding hydrogens is 212 g/mol. The molecular formula is H4K3O4P+4. The summed E-state index contributed by atoms with van der Waals surface area (Å²) in [7, 11) is -4.64. The van der Waals surface area contributed by atoms with E-state index in [4.69, 9.17) is 19.2 Å². The van der Waals surface area contributed by atoms with Gasteiger partial charge in [0.2, 0.25) is 0 Å². The van der Waals surface area contributed by atoms with E-state index in [1.54, 1.807) is 0 Å². The predicted octanol–water partition coefficient (Wildman–Crippen LogP) is -9.80. The molecule has 0 unspecified atom stereocenters. The molecule has 0 saturated carbocycles. The molecule has 0 bridgehead atoms. The molecule has 0 aromatic rings. The van der Waals surface area contributed by atoms with Crippen LogP contribution in [0.4, 0.5) is 0 Å². The molecule has 0 saturated heterocycles. The number of phosphoric acid groups is 1. The van der Waals surface area contributed by atoms with E-state index in [0.29, 0.717) is 0 Å². The molecule has 0 atom stereocenters. The van der Waals surface area contributed by atoms with Crippen molar-refractivity contribution in [3.63, 3.8) is 0 Å². The Morgan fingerprint density at radius 3 is 1.00 bits per heavy atom. The maximum atomic E-state index is 8.88. The number of rotatable bonds is 0. The standard InChI is InChI=1S/3K.H3O4P/c;;;1-5(2,3)4/h;;;(H3,1,2,3,4)/q3*+1;/p+1. The molecule has 0 rings (SSSR count). The van der Waals surface area contributed by atoms with Crippen LogP contribution in [0.1, 0.15) is 1.43 Å². The summed E-state index contributed by atoms with van der Waals surface area (Å²) in [6.07, 6.45) is 0. The van der Waals surface area contributed by atoms with E-state index in [-0.39, 0.29) is 156 Å². The van der Waals surface area contributed by atoms with Crippen LogP contribution in [0.3, 0.4) is 0 Å². The third kappa shape index (κ3) is 43.9. The van der Waals surface area contributed by atoms with Crippen LogP contribution in [0.5, 0.6) is 0 Å². The minimum Gasteiger partial charge on any atom is -0.303 e. The first-order valence-electron chi connectivity index (χ1n) is 0.783. The summed E-state index contributed by atoms with van der Waals surface area (Å²) in [6.45, 7) is 0. The molecule has 8 heteroatoms. The van der Waals surface area contributed by atoms with Crippen molar-refractivity contribution in [2.24, 2.45) is 0 Å². The van der Waals surface area contributed by atoms with Crippen molar-refractivity contribution >= 4 is 7.82 Å². The van der Waals surface area contributed by atoms with Crippen LogP contribution in [0.15, 0.2) is 0 Å². The van der Waals surface area contributed by atoms with Gasteiger partial charge in [0.25, 0.3) is 0 Å². The average Bonchev–Trinajstić information content (AvgIpc) is 0.722. The Morgan fingerprint density at radius 2 is 1.00 bits per heavy atom. The molecule has 0 radical (unpaired) electrons. The molecule has 0 fully saturated rings. The van der Waals surface area contributed by atoms with Crippen molar-refractivity contribution in [3.8, 4) is 0 Å². The SMILES string of the molecule is O=P(O)(O)O.[H+].[K+].[K+].[K+]. The van der Waals surface area contributed by atoms with E-state index in [9.17, 15) is 0 Å². The van der Waals surface area contributed by atoms with Crippen LogP contribution in [0, 0.1) is 0 Å². The number of hydrogen-bond donors (Lipinski definition) is 3. The first-order valence-corrected chi connectivity index (χ1v) is 2.35. The van der Waals surface area contributed by atoms with Gasteiger partial charge in [0.15, 0.2) is 0 Å². The van der Waals surface area contributed by atoms with Crippen molar-refractivity contribution < 1.29 is 175 Å². The fourth-order valence-electron chi connectivity index (χ4n) is 0. The Bertz CT molecular complexity index is 61.9. The summed E-state index contributed by atoms with van der Waals surface area (Å²) in [5, 5.41) is 0. The molecule has 3 N–H and O–H groups in total. The summed E-state index contributed by atoms with van der Waals surface area (Å²) in [5.74, 6) is 0. The molecule has 4 nitrogen and oxygen atoms in total. The van der Waals surface area contributed by atoms with Crippen LogP contribution >= 0.6 is 7.82 Å². The van der Waals surface area contributed by atoms with Crippen LogP contribution in [-0.4, -0.2) is 14.7 Å². The summed E-state index contributed by atoms with van der Waals surface area (Å²) < 4.78 is 8.88. The van der Waals surface area contributed by atoms with Gasteiger partial charge in [0.1, 0.15) is 0 Å². The van der Waals surface area contributed by atoms with Crippen molar-refractivity contribution in [1.82, 2.24) is 0 Å². The second kappa shape index (κ2) is 12.0. The van der Waals surface area contributed by atoms with Gasteiger partial charge in [-0.1, -0.05) is 0 Å². The molecule has 0 aromatic carbocycles. The van der Waals surface area contributed by atoms with Gasteiger partial charge in [0.05, 0.1) is 0 Å². The molecule has 0 heterocycles. The molecule has 32 valence electrons. The van der Waals surface area contributed by atoms with E-state index in [1.165, 1.54) is 0 Å². The van der Waals surface area contributed by atoms with Crippen LogP contribution in [-0.2, 0) is 4.57 Å². The van der Waals surface area contributed by atoms with E-state index in [0.717, 1.165) is 0 Å². The fourth-order valence-corrected chi connectivity index (χ4v) is 0. The Labute approximate surface area is 177 Å². The van der Waals surface area contributed by atoms with Crippen molar-refractivity contribution in [3.05, 3.63) is 0 Å². The Kier molecular flexibility index (Phi) is 34.7. The first-order chi connectivity index (χ1) is 2.00.